The summed E-state index contributed by atoms with van der Waals surface area (Å²) in [6.45, 7) is 7.33. The molecule has 1 aliphatic rings. The van der Waals surface area contributed by atoms with Crippen LogP contribution >= 0.6 is 0 Å². The summed E-state index contributed by atoms with van der Waals surface area (Å²) in [7, 11) is 3.26. The van der Waals surface area contributed by atoms with Gasteiger partial charge in [0.05, 0.1) is 26.3 Å². The Morgan fingerprint density at radius 1 is 1.15 bits per heavy atom. The number of likely N-dealkylation sites (tertiary alicyclic amines) is 1. The third-order valence-corrected chi connectivity index (χ3v) is 5.18. The zero-order valence-corrected chi connectivity index (χ0v) is 15.8. The van der Waals surface area contributed by atoms with Crippen molar-refractivity contribution in [1.82, 2.24) is 24.5 Å². The van der Waals surface area contributed by atoms with Gasteiger partial charge >= 0.3 is 0 Å². The molecular weight excluding hydrogens is 330 g/mol. The maximum Gasteiger partial charge on any atom is 0.171 e. The normalized spacial score (nSPS) is 18.5. The first-order valence-electron chi connectivity index (χ1n) is 9.09. The highest BCUT2D eigenvalue weighted by atomic mass is 16.5. The minimum Gasteiger partial charge on any atom is -0.493 e. The summed E-state index contributed by atoms with van der Waals surface area (Å²) >= 11 is 0. The Labute approximate surface area is 152 Å². The van der Waals surface area contributed by atoms with Crippen molar-refractivity contribution in [3.63, 3.8) is 0 Å². The first-order chi connectivity index (χ1) is 12.6. The van der Waals surface area contributed by atoms with Gasteiger partial charge in [0.1, 0.15) is 5.82 Å². The van der Waals surface area contributed by atoms with E-state index in [1.807, 2.05) is 19.1 Å². The molecule has 26 heavy (non-hydrogen) atoms. The zero-order chi connectivity index (χ0) is 18.3. The number of fused-ring (bicyclic) bond motifs is 3. The van der Waals surface area contributed by atoms with Gasteiger partial charge in [-0.2, -0.15) is 0 Å². The van der Waals surface area contributed by atoms with E-state index < -0.39 is 0 Å². The van der Waals surface area contributed by atoms with E-state index in [1.54, 1.807) is 14.2 Å². The largest absolute Gasteiger partial charge is 0.493 e. The van der Waals surface area contributed by atoms with E-state index in [1.165, 1.54) is 12.8 Å². The van der Waals surface area contributed by atoms with Gasteiger partial charge in [-0.25, -0.2) is 4.98 Å². The predicted molar refractivity (Wildman–Crippen MR) is 99.8 cm³/mol. The van der Waals surface area contributed by atoms with Crippen LogP contribution in [0.1, 0.15) is 31.4 Å². The molecule has 1 aromatic carbocycles. The molecule has 1 aliphatic heterocycles. The Bertz CT molecular complexity index is 952. The van der Waals surface area contributed by atoms with E-state index in [0.717, 1.165) is 53.8 Å². The topological polar surface area (TPSA) is 64.8 Å². The van der Waals surface area contributed by atoms with Crippen LogP contribution in [0.3, 0.4) is 0 Å². The first-order valence-corrected chi connectivity index (χ1v) is 9.09. The number of methoxy groups -OCH3 is 2. The number of hydrogen-bond acceptors (Lipinski definition) is 6. The van der Waals surface area contributed by atoms with E-state index >= 15 is 0 Å². The van der Waals surface area contributed by atoms with Crippen molar-refractivity contribution < 1.29 is 9.47 Å². The van der Waals surface area contributed by atoms with E-state index in [4.69, 9.17) is 14.5 Å². The van der Waals surface area contributed by atoms with Gasteiger partial charge in [-0.05, 0) is 38.3 Å². The highest BCUT2D eigenvalue weighted by Crippen LogP contribution is 2.33. The van der Waals surface area contributed by atoms with Crippen LogP contribution < -0.4 is 9.47 Å². The molecule has 7 heteroatoms. The quantitative estimate of drug-likeness (QED) is 0.717. The predicted octanol–water partition coefficient (Wildman–Crippen LogP) is 2.84. The maximum atomic E-state index is 5.45. The van der Waals surface area contributed by atoms with Crippen molar-refractivity contribution in [2.45, 2.75) is 33.2 Å². The van der Waals surface area contributed by atoms with Gasteiger partial charge in [0.2, 0.25) is 0 Å². The fourth-order valence-electron chi connectivity index (χ4n) is 3.93. The molecule has 1 unspecified atom stereocenters. The summed E-state index contributed by atoms with van der Waals surface area (Å²) in [6, 6.07) is 3.82. The van der Waals surface area contributed by atoms with Gasteiger partial charge in [0.25, 0.3) is 0 Å². The minimum atomic E-state index is 0.665. The van der Waals surface area contributed by atoms with Crippen molar-refractivity contribution in [1.29, 1.82) is 0 Å². The Kier molecular flexibility index (Phi) is 4.40. The summed E-state index contributed by atoms with van der Waals surface area (Å²) in [5, 5.41) is 9.87. The van der Waals surface area contributed by atoms with Crippen molar-refractivity contribution in [3.8, 4) is 11.5 Å². The zero-order valence-electron chi connectivity index (χ0n) is 15.8. The van der Waals surface area contributed by atoms with Gasteiger partial charge in [-0.15, -0.1) is 10.2 Å². The molecule has 0 bridgehead atoms. The minimum absolute atomic E-state index is 0.665. The summed E-state index contributed by atoms with van der Waals surface area (Å²) in [4.78, 5) is 7.22. The second kappa shape index (κ2) is 6.72. The highest BCUT2D eigenvalue weighted by Gasteiger charge is 2.21. The lowest BCUT2D eigenvalue weighted by Crippen LogP contribution is -2.34. The van der Waals surface area contributed by atoms with Crippen molar-refractivity contribution in [2.24, 2.45) is 5.92 Å². The standard InChI is InChI=1S/C19H25N5O2/c1-12-6-5-7-23(10-12)11-18-21-22-19-14-8-16(25-3)17(26-4)9-15(14)20-13(2)24(18)19/h8-9,12H,5-7,10-11H2,1-4H3. The number of aryl methyl sites for hydroxylation is 1. The average molecular weight is 355 g/mol. The second-order valence-corrected chi connectivity index (χ2v) is 7.14. The molecular formula is C19H25N5O2. The van der Waals surface area contributed by atoms with Crippen LogP contribution in [0.5, 0.6) is 11.5 Å². The molecule has 4 rings (SSSR count). The molecule has 0 spiro atoms. The van der Waals surface area contributed by atoms with Crippen molar-refractivity contribution >= 4 is 16.6 Å². The van der Waals surface area contributed by atoms with Gasteiger partial charge in [-0.3, -0.25) is 9.30 Å². The van der Waals surface area contributed by atoms with Crippen LogP contribution in [0.25, 0.3) is 16.6 Å². The van der Waals surface area contributed by atoms with Gasteiger partial charge in [-0.1, -0.05) is 6.92 Å². The number of nitrogens with zero attached hydrogens (tertiary/aromatic N) is 5. The number of aromatic nitrogens is 4. The number of benzene rings is 1. The molecule has 0 aliphatic carbocycles. The van der Waals surface area contributed by atoms with Crippen LogP contribution in [-0.2, 0) is 6.54 Å². The highest BCUT2D eigenvalue weighted by molar-refractivity contribution is 5.93. The Morgan fingerprint density at radius 3 is 2.65 bits per heavy atom. The number of ether oxygens (including phenoxy) is 2. The van der Waals surface area contributed by atoms with Crippen molar-refractivity contribution in [3.05, 3.63) is 23.8 Å². The molecule has 0 amide bonds. The Balaban J connectivity index is 1.81. The monoisotopic (exact) mass is 355 g/mol. The molecule has 7 nitrogen and oxygen atoms in total. The SMILES string of the molecule is COc1cc2nc(C)n3c(CN4CCCC(C)C4)nnc3c2cc1OC. The third-order valence-electron chi connectivity index (χ3n) is 5.18. The van der Waals surface area contributed by atoms with Crippen LogP contribution in [-0.4, -0.2) is 51.8 Å². The van der Waals surface area contributed by atoms with Crippen LogP contribution in [0.2, 0.25) is 0 Å². The molecule has 0 saturated carbocycles. The van der Waals surface area contributed by atoms with E-state index in [2.05, 4.69) is 26.4 Å². The lowest BCUT2D eigenvalue weighted by molar-refractivity contribution is 0.172. The second-order valence-electron chi connectivity index (χ2n) is 7.14. The fourth-order valence-corrected chi connectivity index (χ4v) is 3.93. The molecule has 1 saturated heterocycles. The van der Waals surface area contributed by atoms with Gasteiger partial charge in [0, 0.05) is 18.0 Å². The van der Waals surface area contributed by atoms with Gasteiger partial charge < -0.3 is 9.47 Å². The summed E-state index contributed by atoms with van der Waals surface area (Å²) in [6.07, 6.45) is 2.55. The van der Waals surface area contributed by atoms with Crippen LogP contribution in [0.4, 0.5) is 0 Å². The molecule has 2 aromatic heterocycles. The number of piperidine rings is 1. The molecule has 1 atom stereocenters. The summed E-state index contributed by atoms with van der Waals surface area (Å²) < 4.78 is 12.9. The van der Waals surface area contributed by atoms with E-state index in [-0.39, 0.29) is 0 Å². The van der Waals surface area contributed by atoms with Gasteiger partial charge in [0.15, 0.2) is 23.0 Å². The molecule has 138 valence electrons. The fraction of sp³-hybridized carbons (Fsp3) is 0.526. The van der Waals surface area contributed by atoms with Crippen molar-refractivity contribution in [2.75, 3.05) is 27.3 Å². The van der Waals surface area contributed by atoms with E-state index in [0.29, 0.717) is 11.5 Å². The molecule has 3 aromatic rings. The Hall–Kier alpha value is -2.41. The number of hydrogen-bond donors (Lipinski definition) is 0. The molecule has 0 radical (unpaired) electrons. The lowest BCUT2D eigenvalue weighted by Gasteiger charge is -2.30. The molecule has 3 heterocycles. The summed E-state index contributed by atoms with van der Waals surface area (Å²) in [5.74, 6) is 3.89. The Morgan fingerprint density at radius 2 is 1.92 bits per heavy atom. The number of rotatable bonds is 4. The van der Waals surface area contributed by atoms with Crippen LogP contribution in [0.15, 0.2) is 12.1 Å². The molecule has 0 N–H and O–H groups in total. The van der Waals surface area contributed by atoms with Crippen LogP contribution in [0, 0.1) is 12.8 Å². The first kappa shape index (κ1) is 17.0. The smallest absolute Gasteiger partial charge is 0.171 e. The lowest BCUT2D eigenvalue weighted by atomic mass is 10.0. The molecule has 1 fully saturated rings. The summed E-state index contributed by atoms with van der Waals surface area (Å²) in [5.41, 5.74) is 1.65. The maximum absolute atomic E-state index is 5.45. The average Bonchev–Trinajstić information content (AvgIpc) is 3.05. The third kappa shape index (κ3) is 2.86. The van der Waals surface area contributed by atoms with E-state index in [9.17, 15) is 0 Å².